The fourth-order valence-corrected chi connectivity index (χ4v) is 1.31. The zero-order chi connectivity index (χ0) is 12.8. The third-order valence-corrected chi connectivity index (χ3v) is 2.08. The summed E-state index contributed by atoms with van der Waals surface area (Å²) >= 11 is 0. The molecule has 0 aliphatic heterocycles. The Morgan fingerprint density at radius 3 is 2.88 bits per heavy atom. The molecule has 0 aliphatic rings. The molecule has 0 aromatic heterocycles. The standard InChI is InChI=1S/C12H18N2O3/c1-8(2)14-11(16)6-7-17-10-5-3-4-9(15)12(10)13/h3-5,8,15H,6-7,13H2,1-2H3,(H,14,16). The van der Waals surface area contributed by atoms with E-state index in [4.69, 9.17) is 10.5 Å². The molecule has 1 rings (SSSR count). The maximum atomic E-state index is 11.3. The molecule has 0 atom stereocenters. The first-order valence-corrected chi connectivity index (χ1v) is 5.50. The predicted molar refractivity (Wildman–Crippen MR) is 65.9 cm³/mol. The van der Waals surface area contributed by atoms with E-state index in [9.17, 15) is 9.90 Å². The summed E-state index contributed by atoms with van der Waals surface area (Å²) in [6, 6.07) is 4.88. The number of nitrogens with one attached hydrogen (secondary N) is 1. The van der Waals surface area contributed by atoms with Crippen LogP contribution in [0.4, 0.5) is 5.69 Å². The number of anilines is 1. The Balaban J connectivity index is 2.41. The summed E-state index contributed by atoms with van der Waals surface area (Å²) in [6.07, 6.45) is 0.257. The highest BCUT2D eigenvalue weighted by Gasteiger charge is 2.07. The molecule has 1 amide bonds. The van der Waals surface area contributed by atoms with Crippen LogP contribution in [0.2, 0.25) is 0 Å². The van der Waals surface area contributed by atoms with Gasteiger partial charge in [-0.1, -0.05) is 6.07 Å². The molecule has 0 aliphatic carbocycles. The van der Waals surface area contributed by atoms with Crippen LogP contribution in [0.25, 0.3) is 0 Å². The highest BCUT2D eigenvalue weighted by atomic mass is 16.5. The van der Waals surface area contributed by atoms with Crippen molar-refractivity contribution in [3.05, 3.63) is 18.2 Å². The van der Waals surface area contributed by atoms with Crippen LogP contribution in [0.5, 0.6) is 11.5 Å². The summed E-state index contributed by atoms with van der Waals surface area (Å²) in [4.78, 5) is 11.3. The number of carbonyl (C=O) groups is 1. The number of benzene rings is 1. The zero-order valence-corrected chi connectivity index (χ0v) is 10.1. The highest BCUT2D eigenvalue weighted by Crippen LogP contribution is 2.29. The maximum Gasteiger partial charge on any atom is 0.223 e. The van der Waals surface area contributed by atoms with Crippen LogP contribution in [0, 0.1) is 0 Å². The number of amides is 1. The summed E-state index contributed by atoms with van der Waals surface area (Å²) < 4.78 is 5.32. The van der Waals surface area contributed by atoms with E-state index in [-0.39, 0.29) is 36.4 Å². The Morgan fingerprint density at radius 2 is 2.24 bits per heavy atom. The van der Waals surface area contributed by atoms with Gasteiger partial charge in [-0.2, -0.15) is 0 Å². The van der Waals surface area contributed by atoms with Crippen molar-refractivity contribution in [2.75, 3.05) is 12.3 Å². The van der Waals surface area contributed by atoms with Crippen molar-refractivity contribution in [1.29, 1.82) is 0 Å². The van der Waals surface area contributed by atoms with E-state index in [2.05, 4.69) is 5.32 Å². The number of hydrogen-bond acceptors (Lipinski definition) is 4. The summed E-state index contributed by atoms with van der Waals surface area (Å²) in [7, 11) is 0. The summed E-state index contributed by atoms with van der Waals surface area (Å²) in [5, 5.41) is 12.1. The van der Waals surface area contributed by atoms with Crippen molar-refractivity contribution in [2.45, 2.75) is 26.3 Å². The van der Waals surface area contributed by atoms with E-state index < -0.39 is 0 Å². The molecule has 94 valence electrons. The average Bonchev–Trinajstić information content (AvgIpc) is 2.23. The number of rotatable bonds is 5. The molecule has 0 unspecified atom stereocenters. The summed E-state index contributed by atoms with van der Waals surface area (Å²) in [5.74, 6) is 0.301. The zero-order valence-electron chi connectivity index (χ0n) is 10.1. The van der Waals surface area contributed by atoms with Crippen LogP contribution in [-0.4, -0.2) is 23.7 Å². The highest BCUT2D eigenvalue weighted by molar-refractivity contribution is 5.76. The van der Waals surface area contributed by atoms with Crippen molar-refractivity contribution in [1.82, 2.24) is 5.32 Å². The number of para-hydroxylation sites is 1. The van der Waals surface area contributed by atoms with E-state index in [0.29, 0.717) is 5.75 Å². The minimum absolute atomic E-state index is 0.0193. The number of phenolic OH excluding ortho intramolecular Hbond substituents is 1. The lowest BCUT2D eigenvalue weighted by Crippen LogP contribution is -2.31. The van der Waals surface area contributed by atoms with Crippen molar-refractivity contribution in [2.24, 2.45) is 0 Å². The fraction of sp³-hybridized carbons (Fsp3) is 0.417. The van der Waals surface area contributed by atoms with E-state index in [1.54, 1.807) is 12.1 Å². The number of carbonyl (C=O) groups excluding carboxylic acids is 1. The van der Waals surface area contributed by atoms with Gasteiger partial charge in [-0.05, 0) is 26.0 Å². The first-order valence-electron chi connectivity index (χ1n) is 5.50. The number of ether oxygens (including phenoxy) is 1. The van der Waals surface area contributed by atoms with Gasteiger partial charge in [-0.25, -0.2) is 0 Å². The van der Waals surface area contributed by atoms with Gasteiger partial charge in [0.2, 0.25) is 5.91 Å². The third kappa shape index (κ3) is 4.22. The Bertz CT molecular complexity index is 391. The lowest BCUT2D eigenvalue weighted by molar-refractivity contribution is -0.122. The van der Waals surface area contributed by atoms with Crippen molar-refractivity contribution < 1.29 is 14.6 Å². The number of aromatic hydroxyl groups is 1. The molecule has 0 bridgehead atoms. The van der Waals surface area contributed by atoms with Crippen LogP contribution in [0.15, 0.2) is 18.2 Å². The van der Waals surface area contributed by atoms with Crippen molar-refractivity contribution >= 4 is 11.6 Å². The number of phenols is 1. The van der Waals surface area contributed by atoms with Gasteiger partial charge in [0.1, 0.15) is 17.2 Å². The lowest BCUT2D eigenvalue weighted by Gasteiger charge is -2.11. The first kappa shape index (κ1) is 13.2. The van der Waals surface area contributed by atoms with Crippen LogP contribution < -0.4 is 15.8 Å². The lowest BCUT2D eigenvalue weighted by atomic mass is 10.3. The topological polar surface area (TPSA) is 84.6 Å². The van der Waals surface area contributed by atoms with Gasteiger partial charge < -0.3 is 20.9 Å². The second-order valence-electron chi connectivity index (χ2n) is 4.01. The molecule has 0 radical (unpaired) electrons. The van der Waals surface area contributed by atoms with E-state index >= 15 is 0 Å². The largest absolute Gasteiger partial charge is 0.506 e. The molecule has 4 N–H and O–H groups in total. The summed E-state index contributed by atoms with van der Waals surface area (Å²) in [6.45, 7) is 4.02. The van der Waals surface area contributed by atoms with Crippen LogP contribution in [-0.2, 0) is 4.79 Å². The van der Waals surface area contributed by atoms with Crippen molar-refractivity contribution in [3.8, 4) is 11.5 Å². The molecule has 5 nitrogen and oxygen atoms in total. The smallest absolute Gasteiger partial charge is 0.223 e. The molecule has 1 aromatic carbocycles. The van der Waals surface area contributed by atoms with Crippen LogP contribution in [0.3, 0.4) is 0 Å². The number of nitrogens with two attached hydrogens (primary N) is 1. The van der Waals surface area contributed by atoms with Crippen LogP contribution in [0.1, 0.15) is 20.3 Å². The van der Waals surface area contributed by atoms with E-state index in [0.717, 1.165) is 0 Å². The monoisotopic (exact) mass is 238 g/mol. The second-order valence-corrected chi connectivity index (χ2v) is 4.01. The molecule has 17 heavy (non-hydrogen) atoms. The second kappa shape index (κ2) is 5.98. The molecule has 5 heteroatoms. The van der Waals surface area contributed by atoms with Gasteiger partial charge >= 0.3 is 0 Å². The molecule has 0 saturated heterocycles. The fourth-order valence-electron chi connectivity index (χ4n) is 1.31. The van der Waals surface area contributed by atoms with Gasteiger partial charge in [-0.15, -0.1) is 0 Å². The minimum Gasteiger partial charge on any atom is -0.506 e. The third-order valence-electron chi connectivity index (χ3n) is 2.08. The Hall–Kier alpha value is -1.91. The molecule has 0 spiro atoms. The maximum absolute atomic E-state index is 11.3. The van der Waals surface area contributed by atoms with Gasteiger partial charge in [0.05, 0.1) is 13.0 Å². The van der Waals surface area contributed by atoms with E-state index in [1.165, 1.54) is 6.07 Å². The van der Waals surface area contributed by atoms with Gasteiger partial charge in [-0.3, -0.25) is 4.79 Å². The Labute approximate surface area is 101 Å². The van der Waals surface area contributed by atoms with Crippen LogP contribution >= 0.6 is 0 Å². The van der Waals surface area contributed by atoms with Gasteiger partial charge in [0.25, 0.3) is 0 Å². The van der Waals surface area contributed by atoms with E-state index in [1.807, 2.05) is 13.8 Å². The van der Waals surface area contributed by atoms with Crippen molar-refractivity contribution in [3.63, 3.8) is 0 Å². The Kier molecular flexibility index (Phi) is 4.63. The molecule has 0 fully saturated rings. The summed E-state index contributed by atoms with van der Waals surface area (Å²) in [5.41, 5.74) is 5.80. The first-order chi connectivity index (χ1) is 8.00. The molecular weight excluding hydrogens is 220 g/mol. The van der Waals surface area contributed by atoms with Gasteiger partial charge in [0, 0.05) is 6.04 Å². The average molecular weight is 238 g/mol. The molecular formula is C12H18N2O3. The predicted octanol–water partition coefficient (Wildman–Crippen LogP) is 1.27. The SMILES string of the molecule is CC(C)NC(=O)CCOc1cccc(O)c1N. The number of hydrogen-bond donors (Lipinski definition) is 3. The normalized spacial score (nSPS) is 10.3. The molecule has 0 heterocycles. The molecule has 0 saturated carbocycles. The molecule has 1 aromatic rings. The quantitative estimate of drug-likeness (QED) is 0.532. The Morgan fingerprint density at radius 1 is 1.53 bits per heavy atom. The number of nitrogen functional groups attached to an aromatic ring is 1. The van der Waals surface area contributed by atoms with Gasteiger partial charge in [0.15, 0.2) is 0 Å². The minimum atomic E-state index is -0.0706.